The van der Waals surface area contributed by atoms with Crippen LogP contribution >= 0.6 is 0 Å². The van der Waals surface area contributed by atoms with Gasteiger partial charge in [-0.05, 0) is 64.2 Å². The van der Waals surface area contributed by atoms with Gasteiger partial charge in [0.2, 0.25) is 0 Å². The molecular weight excluding hydrogens is 781 g/mol. The first-order valence-corrected chi connectivity index (χ1v) is 26.8. The lowest BCUT2D eigenvalue weighted by Gasteiger charge is -2.18. The van der Waals surface area contributed by atoms with E-state index in [-0.39, 0.29) is 31.1 Å². The van der Waals surface area contributed by atoms with Gasteiger partial charge in [0.05, 0.1) is 0 Å². The van der Waals surface area contributed by atoms with Crippen molar-refractivity contribution in [1.82, 2.24) is 0 Å². The molecule has 0 aliphatic carbocycles. The van der Waals surface area contributed by atoms with Crippen molar-refractivity contribution in [2.45, 2.75) is 271 Å². The van der Waals surface area contributed by atoms with Crippen LogP contribution in [0, 0.1) is 0 Å². The van der Waals surface area contributed by atoms with Crippen LogP contribution < -0.4 is 0 Å². The van der Waals surface area contributed by atoms with Gasteiger partial charge in [0.25, 0.3) is 0 Å². The minimum Gasteiger partial charge on any atom is -0.462 e. The van der Waals surface area contributed by atoms with E-state index in [2.05, 4.69) is 63.3 Å². The summed E-state index contributed by atoms with van der Waals surface area (Å²) >= 11 is 0. The molecule has 0 aromatic carbocycles. The van der Waals surface area contributed by atoms with Crippen molar-refractivity contribution in [3.63, 3.8) is 0 Å². The van der Waals surface area contributed by atoms with Gasteiger partial charge in [0, 0.05) is 19.3 Å². The predicted molar refractivity (Wildman–Crippen MR) is 270 cm³/mol. The number of esters is 3. The van der Waals surface area contributed by atoms with E-state index in [4.69, 9.17) is 14.2 Å². The number of hydrogen-bond acceptors (Lipinski definition) is 6. The molecule has 0 saturated heterocycles. The fourth-order valence-corrected chi connectivity index (χ4v) is 7.57. The highest BCUT2D eigenvalue weighted by atomic mass is 16.6. The minimum atomic E-state index is -0.786. The van der Waals surface area contributed by atoms with Crippen molar-refractivity contribution in [2.75, 3.05) is 13.2 Å². The number of rotatable bonds is 48. The third kappa shape index (κ3) is 50.0. The maximum Gasteiger partial charge on any atom is 0.306 e. The van der Waals surface area contributed by atoms with E-state index < -0.39 is 6.10 Å². The number of unbranched alkanes of at least 4 members (excludes halogenated alkanes) is 30. The molecule has 0 saturated carbocycles. The molecule has 1 atom stereocenters. The molecule has 0 heterocycles. The minimum absolute atomic E-state index is 0.0832. The van der Waals surface area contributed by atoms with E-state index in [0.717, 1.165) is 83.5 Å². The Bertz CT molecular complexity index is 1150. The predicted octanol–water partition coefficient (Wildman–Crippen LogP) is 17.6. The van der Waals surface area contributed by atoms with Crippen LogP contribution in [0.4, 0.5) is 0 Å². The largest absolute Gasteiger partial charge is 0.462 e. The van der Waals surface area contributed by atoms with Gasteiger partial charge < -0.3 is 14.2 Å². The second kappa shape index (κ2) is 51.7. The molecule has 364 valence electrons. The van der Waals surface area contributed by atoms with Gasteiger partial charge in [-0.1, -0.05) is 242 Å². The fraction of sp³-hybridized carbons (Fsp3) is 0.772. The molecule has 0 aliphatic heterocycles. The highest BCUT2D eigenvalue weighted by Crippen LogP contribution is 2.15. The van der Waals surface area contributed by atoms with Crippen LogP contribution in [0.3, 0.4) is 0 Å². The van der Waals surface area contributed by atoms with E-state index in [1.165, 1.54) is 141 Å². The van der Waals surface area contributed by atoms with Crippen molar-refractivity contribution < 1.29 is 28.6 Å². The van der Waals surface area contributed by atoms with E-state index in [0.29, 0.717) is 19.3 Å². The van der Waals surface area contributed by atoms with Gasteiger partial charge >= 0.3 is 17.9 Å². The number of carbonyl (C=O) groups is 3. The van der Waals surface area contributed by atoms with Gasteiger partial charge in [-0.2, -0.15) is 0 Å². The standard InChI is InChI=1S/C57H100O6/c1-4-7-10-13-16-19-22-25-27-28-30-32-35-38-41-44-47-50-56(59)62-53-54(52-61-55(58)49-46-43-40-37-34-31-24-21-18-15-12-9-6-3)63-57(60)51-48-45-42-39-36-33-29-26-23-20-17-14-11-8-5-2/h8,11,14,17,20,23,25-27,29,54H,4-7,9-10,12-13,15-16,18-19,21-22,24,28,30-53H2,1-3H3/b11-8-,17-14-,23-20-,27-25-,29-26-. The lowest BCUT2D eigenvalue weighted by molar-refractivity contribution is -0.167. The van der Waals surface area contributed by atoms with Crippen LogP contribution in [-0.2, 0) is 28.6 Å². The van der Waals surface area contributed by atoms with E-state index in [1.54, 1.807) is 0 Å². The monoisotopic (exact) mass is 881 g/mol. The smallest absolute Gasteiger partial charge is 0.306 e. The number of carbonyl (C=O) groups excluding carboxylic acids is 3. The van der Waals surface area contributed by atoms with Crippen molar-refractivity contribution in [3.05, 3.63) is 60.8 Å². The van der Waals surface area contributed by atoms with Gasteiger partial charge in [0.15, 0.2) is 6.10 Å². The van der Waals surface area contributed by atoms with Gasteiger partial charge in [-0.25, -0.2) is 0 Å². The molecule has 6 heteroatoms. The van der Waals surface area contributed by atoms with Crippen molar-refractivity contribution in [3.8, 4) is 0 Å². The second-order valence-electron chi connectivity index (χ2n) is 17.9. The summed E-state index contributed by atoms with van der Waals surface area (Å²) in [6, 6.07) is 0. The van der Waals surface area contributed by atoms with Crippen LogP contribution in [0.15, 0.2) is 60.8 Å². The summed E-state index contributed by atoms with van der Waals surface area (Å²) < 4.78 is 16.8. The Kier molecular flexibility index (Phi) is 49.4. The highest BCUT2D eigenvalue weighted by Gasteiger charge is 2.19. The lowest BCUT2D eigenvalue weighted by Crippen LogP contribution is -2.30. The topological polar surface area (TPSA) is 78.9 Å². The molecule has 1 unspecified atom stereocenters. The van der Waals surface area contributed by atoms with Gasteiger partial charge in [-0.3, -0.25) is 14.4 Å². The van der Waals surface area contributed by atoms with Crippen LogP contribution in [-0.4, -0.2) is 37.2 Å². The maximum atomic E-state index is 12.8. The summed E-state index contributed by atoms with van der Waals surface area (Å²) in [4.78, 5) is 38.0. The van der Waals surface area contributed by atoms with Crippen molar-refractivity contribution in [1.29, 1.82) is 0 Å². The zero-order valence-corrected chi connectivity index (χ0v) is 41.6. The van der Waals surface area contributed by atoms with Crippen LogP contribution in [0.5, 0.6) is 0 Å². The molecule has 0 aliphatic rings. The molecule has 6 nitrogen and oxygen atoms in total. The average Bonchev–Trinajstić information content (AvgIpc) is 3.28. The van der Waals surface area contributed by atoms with Gasteiger partial charge in [0.1, 0.15) is 13.2 Å². The normalized spacial score (nSPS) is 12.5. The summed E-state index contributed by atoms with van der Waals surface area (Å²) in [5, 5.41) is 0. The first-order valence-electron chi connectivity index (χ1n) is 26.8. The molecule has 0 spiro atoms. The molecule has 0 amide bonds. The summed E-state index contributed by atoms with van der Waals surface area (Å²) in [7, 11) is 0. The Balaban J connectivity index is 4.40. The van der Waals surface area contributed by atoms with Gasteiger partial charge in [-0.15, -0.1) is 0 Å². The summed E-state index contributed by atoms with van der Waals surface area (Å²) in [5.74, 6) is -0.903. The molecule has 63 heavy (non-hydrogen) atoms. The van der Waals surface area contributed by atoms with E-state index in [9.17, 15) is 14.4 Å². The quantitative estimate of drug-likeness (QED) is 0.0199. The van der Waals surface area contributed by atoms with Crippen LogP contribution in [0.2, 0.25) is 0 Å². The zero-order valence-electron chi connectivity index (χ0n) is 41.6. The Hall–Kier alpha value is -2.89. The molecular formula is C57H100O6. The number of hydrogen-bond donors (Lipinski definition) is 0. The maximum absolute atomic E-state index is 12.8. The number of allylic oxidation sites excluding steroid dienone is 10. The van der Waals surface area contributed by atoms with Crippen LogP contribution in [0.25, 0.3) is 0 Å². The van der Waals surface area contributed by atoms with Crippen molar-refractivity contribution in [2.24, 2.45) is 0 Å². The van der Waals surface area contributed by atoms with E-state index in [1.807, 2.05) is 18.2 Å². The SMILES string of the molecule is CC\C=C/C=C\C=C/C=C\CCCCCCCC(=O)OC(COC(=O)CCCCCCCCC/C=C\CCCCCCCC)COC(=O)CCCCCCCCCCCCCCC. The molecule has 0 aromatic rings. The summed E-state index contributed by atoms with van der Waals surface area (Å²) in [6.45, 7) is 6.49. The first-order chi connectivity index (χ1) is 31.0. The molecule has 0 rings (SSSR count). The second-order valence-corrected chi connectivity index (χ2v) is 17.9. The molecule has 0 radical (unpaired) electrons. The molecule has 0 N–H and O–H groups in total. The summed E-state index contributed by atoms with van der Waals surface area (Å²) in [6.07, 6.45) is 63.4. The zero-order chi connectivity index (χ0) is 45.8. The number of ether oxygens (including phenoxy) is 3. The Morgan fingerprint density at radius 3 is 1.02 bits per heavy atom. The molecule has 0 aromatic heterocycles. The Morgan fingerprint density at radius 2 is 0.635 bits per heavy atom. The highest BCUT2D eigenvalue weighted by molar-refractivity contribution is 5.71. The third-order valence-electron chi connectivity index (χ3n) is 11.6. The fourth-order valence-electron chi connectivity index (χ4n) is 7.57. The third-order valence-corrected chi connectivity index (χ3v) is 11.6. The lowest BCUT2D eigenvalue weighted by atomic mass is 10.0. The Morgan fingerprint density at radius 1 is 0.333 bits per heavy atom. The Labute approximate surface area is 390 Å². The molecule has 0 fully saturated rings. The van der Waals surface area contributed by atoms with E-state index >= 15 is 0 Å². The average molecular weight is 881 g/mol. The molecule has 0 bridgehead atoms. The summed E-state index contributed by atoms with van der Waals surface area (Å²) in [5.41, 5.74) is 0. The first kappa shape index (κ1) is 60.1. The van der Waals surface area contributed by atoms with Crippen molar-refractivity contribution >= 4 is 17.9 Å². The van der Waals surface area contributed by atoms with Crippen LogP contribution in [0.1, 0.15) is 265 Å².